The van der Waals surface area contributed by atoms with E-state index in [1.807, 2.05) is 0 Å². The molecule has 0 unspecified atom stereocenters. The third kappa shape index (κ3) is 1.68. The van der Waals surface area contributed by atoms with Crippen LogP contribution in [0.5, 0.6) is 0 Å². The van der Waals surface area contributed by atoms with E-state index in [1.165, 1.54) is 0 Å². The van der Waals surface area contributed by atoms with Gasteiger partial charge < -0.3 is 5.73 Å². The second kappa shape index (κ2) is 3.03. The van der Waals surface area contributed by atoms with Crippen LogP contribution in [-0.2, 0) is 0 Å². The Labute approximate surface area is 64.4 Å². The molecule has 2 amide bonds. The molecule has 1 rings (SSSR count). The number of primary amides is 1. The number of benzene rings is 1. The molecule has 2 N–H and O–H groups in total. The van der Waals surface area contributed by atoms with Gasteiger partial charge in [-0.1, -0.05) is 18.2 Å². The first-order valence-electron chi connectivity index (χ1n) is 3.05. The topological polar surface area (TPSA) is 68.6 Å². The second-order valence-electron chi connectivity index (χ2n) is 1.99. The van der Waals surface area contributed by atoms with E-state index in [9.17, 15) is 4.79 Å². The minimum Gasteiger partial charge on any atom is -0.350 e. The minimum atomic E-state index is -0.892. The third-order valence-electron chi connectivity index (χ3n) is 1.21. The lowest BCUT2D eigenvalue weighted by Gasteiger charge is -2.08. The molecule has 56 valence electrons. The minimum absolute atomic E-state index is 0.361. The summed E-state index contributed by atoms with van der Waals surface area (Å²) in [5, 5.41) is 0.389. The van der Waals surface area contributed by atoms with Crippen LogP contribution in [0.2, 0.25) is 0 Å². The summed E-state index contributed by atoms with van der Waals surface area (Å²) >= 11 is 0. The molecule has 4 heteroatoms. The summed E-state index contributed by atoms with van der Waals surface area (Å²) in [4.78, 5) is 10.4. The van der Waals surface area contributed by atoms with Gasteiger partial charge in [0, 0.05) is 5.84 Å². The van der Waals surface area contributed by atoms with Crippen molar-refractivity contribution in [3.05, 3.63) is 30.3 Å². The summed E-state index contributed by atoms with van der Waals surface area (Å²) in [6.45, 7) is 0. The Kier molecular flexibility index (Phi) is 2.08. The number of hydrogen-bond donors (Lipinski definition) is 1. The molecule has 0 aliphatic rings. The fourth-order valence-corrected chi connectivity index (χ4v) is 0.696. The van der Waals surface area contributed by atoms with Gasteiger partial charge in [0.2, 0.25) is 0 Å². The number of amides is 2. The normalized spacial score (nSPS) is 9.18. The molecule has 0 atom stereocenters. The average Bonchev–Trinajstić information content (AvgIpc) is 2.05. The van der Waals surface area contributed by atoms with Crippen LogP contribution in [0.4, 0.5) is 10.5 Å². The van der Waals surface area contributed by atoms with E-state index < -0.39 is 6.03 Å². The second-order valence-corrected chi connectivity index (χ2v) is 1.99. The number of nitrogens with zero attached hydrogens (tertiary/aromatic N) is 2. The van der Waals surface area contributed by atoms with Gasteiger partial charge in [-0.05, 0) is 12.1 Å². The van der Waals surface area contributed by atoms with E-state index in [-0.39, 0.29) is 0 Å². The molecule has 1 aromatic carbocycles. The molecule has 2 radical (unpaired) electrons. The van der Waals surface area contributed by atoms with E-state index in [1.54, 1.807) is 30.3 Å². The maximum Gasteiger partial charge on any atom is 0.336 e. The van der Waals surface area contributed by atoms with Crippen molar-refractivity contribution in [2.45, 2.75) is 0 Å². The van der Waals surface area contributed by atoms with E-state index in [2.05, 4.69) is 0 Å². The molecule has 0 aromatic heterocycles. The van der Waals surface area contributed by atoms with Gasteiger partial charge >= 0.3 is 6.03 Å². The molecular weight excluding hydrogens is 142 g/mol. The molecule has 11 heavy (non-hydrogen) atoms. The summed E-state index contributed by atoms with van der Waals surface area (Å²) in [5.41, 5.74) is 5.17. The van der Waals surface area contributed by atoms with Gasteiger partial charge in [0.25, 0.3) is 0 Å². The van der Waals surface area contributed by atoms with Gasteiger partial charge in [-0.25, -0.2) is 4.79 Å². The van der Waals surface area contributed by atoms with Gasteiger partial charge in [0.05, 0.1) is 5.69 Å². The Bertz CT molecular complexity index is 247. The molecule has 0 aliphatic heterocycles. The van der Waals surface area contributed by atoms with Crippen molar-refractivity contribution in [3.63, 3.8) is 0 Å². The molecule has 0 bridgehead atoms. The number of hydrogen-bond acceptors (Lipinski definition) is 1. The summed E-state index contributed by atoms with van der Waals surface area (Å²) < 4.78 is 0. The predicted octanol–water partition coefficient (Wildman–Crippen LogP) is 0.555. The van der Waals surface area contributed by atoms with Crippen LogP contribution in [0.25, 0.3) is 0 Å². The smallest absolute Gasteiger partial charge is 0.336 e. The van der Waals surface area contributed by atoms with Gasteiger partial charge in [0.15, 0.2) is 0 Å². The fourth-order valence-electron chi connectivity index (χ4n) is 0.696. The third-order valence-corrected chi connectivity index (χ3v) is 1.21. The molecule has 0 saturated carbocycles. The molecule has 0 fully saturated rings. The van der Waals surface area contributed by atoms with E-state index in [4.69, 9.17) is 11.6 Å². The Morgan fingerprint density at radius 3 is 2.36 bits per heavy atom. The zero-order valence-electron chi connectivity index (χ0n) is 5.77. The maximum atomic E-state index is 10.4. The zero-order chi connectivity index (χ0) is 8.27. The highest BCUT2D eigenvalue weighted by atomic mass is 16.2. The maximum absolute atomic E-state index is 10.4. The largest absolute Gasteiger partial charge is 0.350 e. The lowest BCUT2D eigenvalue weighted by molar-refractivity contribution is 0.253. The highest BCUT2D eigenvalue weighted by Crippen LogP contribution is 2.08. The lowest BCUT2D eigenvalue weighted by Crippen LogP contribution is -2.33. The number of carbonyl (C=O) groups is 1. The molecule has 0 aliphatic carbocycles. The van der Waals surface area contributed by atoms with Crippen LogP contribution in [0.1, 0.15) is 0 Å². The monoisotopic (exact) mass is 149 g/mol. The Hall–Kier alpha value is -1.55. The van der Waals surface area contributed by atoms with Gasteiger partial charge in [0.1, 0.15) is 0 Å². The first kappa shape index (κ1) is 7.56. The van der Waals surface area contributed by atoms with Crippen LogP contribution in [0, 0.1) is 0 Å². The van der Waals surface area contributed by atoms with E-state index in [0.717, 1.165) is 0 Å². The molecule has 1 aromatic rings. The molecular formula is C7H7N3O. The Morgan fingerprint density at radius 1 is 1.36 bits per heavy atom. The Balaban J connectivity index is 2.85. The van der Waals surface area contributed by atoms with Gasteiger partial charge in [-0.3, -0.25) is 0 Å². The number of para-hydroxylation sites is 1. The highest BCUT2D eigenvalue weighted by molar-refractivity contribution is 5.88. The molecule has 4 nitrogen and oxygen atoms in total. The highest BCUT2D eigenvalue weighted by Gasteiger charge is 2.06. The molecule has 0 spiro atoms. The van der Waals surface area contributed by atoms with E-state index in [0.29, 0.717) is 10.7 Å². The van der Waals surface area contributed by atoms with E-state index >= 15 is 0 Å². The van der Waals surface area contributed by atoms with Crippen LogP contribution < -0.4 is 16.6 Å². The lowest BCUT2D eigenvalue weighted by atomic mass is 10.3. The summed E-state index contributed by atoms with van der Waals surface area (Å²) in [6.07, 6.45) is 0. The van der Waals surface area contributed by atoms with Crippen molar-refractivity contribution in [1.82, 2.24) is 5.84 Å². The van der Waals surface area contributed by atoms with Crippen molar-refractivity contribution in [1.29, 1.82) is 0 Å². The molecule has 0 heterocycles. The molecule has 0 saturated heterocycles. The Morgan fingerprint density at radius 2 is 1.91 bits per heavy atom. The first-order chi connectivity index (χ1) is 5.22. The first-order valence-corrected chi connectivity index (χ1v) is 3.05. The summed E-state index contributed by atoms with van der Waals surface area (Å²) in [6, 6.07) is 7.42. The van der Waals surface area contributed by atoms with Crippen molar-refractivity contribution >= 4 is 11.7 Å². The summed E-state index contributed by atoms with van der Waals surface area (Å²) in [7, 11) is 0. The fraction of sp³-hybridized carbons (Fsp3) is 0. The average molecular weight is 149 g/mol. The van der Waals surface area contributed by atoms with Crippen LogP contribution >= 0.6 is 0 Å². The zero-order valence-corrected chi connectivity index (χ0v) is 5.77. The number of rotatable bonds is 1. The summed E-state index contributed by atoms with van der Waals surface area (Å²) in [5.74, 6) is 8.96. The van der Waals surface area contributed by atoms with Crippen molar-refractivity contribution in [2.75, 3.05) is 5.01 Å². The van der Waals surface area contributed by atoms with Crippen LogP contribution in [0.3, 0.4) is 0 Å². The SMILES string of the molecule is [N]N(C(N)=O)c1ccccc1. The van der Waals surface area contributed by atoms with Crippen molar-refractivity contribution in [3.8, 4) is 0 Å². The van der Waals surface area contributed by atoms with Gasteiger partial charge in [-0.15, -0.1) is 0 Å². The number of carbonyl (C=O) groups excluding carboxylic acids is 1. The number of urea groups is 1. The standard InChI is InChI=1S/C7H7N3O/c8-7(11)10(9)6-4-2-1-3-5-6/h1-5H,(H2,8,11). The van der Waals surface area contributed by atoms with Crippen LogP contribution in [0.15, 0.2) is 30.3 Å². The van der Waals surface area contributed by atoms with Crippen LogP contribution in [-0.4, -0.2) is 6.03 Å². The number of nitrogens with two attached hydrogens (primary N) is 1. The predicted molar refractivity (Wildman–Crippen MR) is 40.6 cm³/mol. The van der Waals surface area contributed by atoms with Gasteiger partial charge in [-0.2, -0.15) is 5.01 Å². The van der Waals surface area contributed by atoms with Crippen molar-refractivity contribution in [2.24, 2.45) is 5.73 Å². The van der Waals surface area contributed by atoms with Crippen molar-refractivity contribution < 1.29 is 4.79 Å². The number of anilines is 1. The quantitative estimate of drug-likeness (QED) is 0.582.